The molecule has 1 fully saturated rings. The van der Waals surface area contributed by atoms with E-state index in [4.69, 9.17) is 4.52 Å². The quantitative estimate of drug-likeness (QED) is 0.894. The van der Waals surface area contributed by atoms with Crippen molar-refractivity contribution in [2.75, 3.05) is 18.4 Å². The van der Waals surface area contributed by atoms with Crippen molar-refractivity contribution >= 4 is 17.6 Å². The molecule has 0 aliphatic carbocycles. The van der Waals surface area contributed by atoms with E-state index in [1.807, 2.05) is 38.7 Å². The largest absolute Gasteiger partial charge is 0.361 e. The first kappa shape index (κ1) is 19.1. The highest BCUT2D eigenvalue weighted by Crippen LogP contribution is 2.27. The molecule has 7 nitrogen and oxygen atoms in total. The van der Waals surface area contributed by atoms with E-state index in [0.717, 1.165) is 16.8 Å². The Balaban J connectivity index is 1.55. The van der Waals surface area contributed by atoms with E-state index in [1.165, 1.54) is 0 Å². The van der Waals surface area contributed by atoms with Gasteiger partial charge < -0.3 is 14.7 Å². The Morgan fingerprint density at radius 2 is 1.93 bits per heavy atom. The zero-order chi connectivity index (χ0) is 19.6. The van der Waals surface area contributed by atoms with Crippen molar-refractivity contribution in [3.05, 3.63) is 40.9 Å². The standard InChI is InChI=1S/C20H26N4O3/c1-12-5-6-17(21-11-12)22-19(25)16-7-9-24(10-8-16)20(26)13(2)18-14(3)23-27-15(18)4/h5-6,11,13,16H,7-10H2,1-4H3,(H,21,22,25). The van der Waals surface area contributed by atoms with Gasteiger partial charge in [0.1, 0.15) is 11.6 Å². The van der Waals surface area contributed by atoms with Crippen molar-refractivity contribution in [1.29, 1.82) is 0 Å². The van der Waals surface area contributed by atoms with Crippen LogP contribution in [0.4, 0.5) is 5.82 Å². The molecule has 3 heterocycles. The van der Waals surface area contributed by atoms with E-state index < -0.39 is 0 Å². The molecule has 0 bridgehead atoms. The van der Waals surface area contributed by atoms with Crippen LogP contribution in [-0.4, -0.2) is 39.9 Å². The summed E-state index contributed by atoms with van der Waals surface area (Å²) in [7, 11) is 0. The normalized spacial score (nSPS) is 16.2. The SMILES string of the molecule is Cc1ccc(NC(=O)C2CCN(C(=O)C(C)c3c(C)noc3C)CC2)nc1. The van der Waals surface area contributed by atoms with E-state index in [2.05, 4.69) is 15.5 Å². The Hall–Kier alpha value is -2.70. The number of carbonyl (C=O) groups is 2. The topological polar surface area (TPSA) is 88.3 Å². The second-order valence-corrected chi connectivity index (χ2v) is 7.27. The van der Waals surface area contributed by atoms with E-state index in [9.17, 15) is 9.59 Å². The van der Waals surface area contributed by atoms with Crippen LogP contribution in [0.15, 0.2) is 22.9 Å². The van der Waals surface area contributed by atoms with Crippen molar-refractivity contribution in [2.45, 2.75) is 46.5 Å². The van der Waals surface area contributed by atoms with Crippen LogP contribution in [0.1, 0.15) is 48.3 Å². The Morgan fingerprint density at radius 3 is 2.48 bits per heavy atom. The Morgan fingerprint density at radius 1 is 1.22 bits per heavy atom. The van der Waals surface area contributed by atoms with E-state index in [-0.39, 0.29) is 23.7 Å². The third-order valence-electron chi connectivity index (χ3n) is 5.23. The lowest BCUT2D eigenvalue weighted by Gasteiger charge is -2.33. The highest BCUT2D eigenvalue weighted by atomic mass is 16.5. The average molecular weight is 370 g/mol. The highest BCUT2D eigenvalue weighted by Gasteiger charge is 2.31. The second-order valence-electron chi connectivity index (χ2n) is 7.27. The number of aryl methyl sites for hydroxylation is 3. The van der Waals surface area contributed by atoms with Crippen molar-refractivity contribution in [2.24, 2.45) is 5.92 Å². The number of anilines is 1. The molecule has 2 amide bonds. The third-order valence-corrected chi connectivity index (χ3v) is 5.23. The number of carbonyl (C=O) groups excluding carboxylic acids is 2. The van der Waals surface area contributed by atoms with Crippen LogP contribution in [0.25, 0.3) is 0 Å². The summed E-state index contributed by atoms with van der Waals surface area (Å²) in [6.07, 6.45) is 3.03. The highest BCUT2D eigenvalue weighted by molar-refractivity contribution is 5.92. The number of pyridine rings is 1. The first-order valence-electron chi connectivity index (χ1n) is 9.32. The molecule has 1 unspecified atom stereocenters. The van der Waals surface area contributed by atoms with Gasteiger partial charge in [0.25, 0.3) is 0 Å². The molecule has 1 aliphatic heterocycles. The molecular weight excluding hydrogens is 344 g/mol. The number of rotatable bonds is 4. The molecule has 7 heteroatoms. The summed E-state index contributed by atoms with van der Waals surface area (Å²) < 4.78 is 5.19. The molecule has 0 radical (unpaired) electrons. The predicted octanol–water partition coefficient (Wildman–Crippen LogP) is 2.98. The molecule has 1 N–H and O–H groups in total. The van der Waals surface area contributed by atoms with Crippen molar-refractivity contribution < 1.29 is 14.1 Å². The number of hydrogen-bond donors (Lipinski definition) is 1. The van der Waals surface area contributed by atoms with Crippen LogP contribution in [0.5, 0.6) is 0 Å². The van der Waals surface area contributed by atoms with E-state index in [1.54, 1.807) is 12.3 Å². The molecule has 1 atom stereocenters. The van der Waals surface area contributed by atoms with Crippen LogP contribution in [0.3, 0.4) is 0 Å². The summed E-state index contributed by atoms with van der Waals surface area (Å²) in [6, 6.07) is 3.72. The van der Waals surface area contributed by atoms with Crippen molar-refractivity contribution in [1.82, 2.24) is 15.0 Å². The predicted molar refractivity (Wildman–Crippen MR) is 101 cm³/mol. The number of likely N-dealkylation sites (tertiary alicyclic amines) is 1. The van der Waals surface area contributed by atoms with Gasteiger partial charge in [-0.15, -0.1) is 0 Å². The number of hydrogen-bond acceptors (Lipinski definition) is 5. The summed E-state index contributed by atoms with van der Waals surface area (Å²) in [5, 5.41) is 6.81. The van der Waals surface area contributed by atoms with Crippen LogP contribution < -0.4 is 5.32 Å². The third kappa shape index (κ3) is 4.18. The summed E-state index contributed by atoms with van der Waals surface area (Å²) in [5.74, 6) is 0.884. The van der Waals surface area contributed by atoms with Gasteiger partial charge in [-0.25, -0.2) is 4.98 Å². The summed E-state index contributed by atoms with van der Waals surface area (Å²) in [5.41, 5.74) is 2.67. The molecule has 0 aromatic carbocycles. The molecule has 1 saturated heterocycles. The Kier molecular flexibility index (Phi) is 5.58. The Bertz CT molecular complexity index is 801. The second kappa shape index (κ2) is 7.90. The van der Waals surface area contributed by atoms with E-state index >= 15 is 0 Å². The maximum atomic E-state index is 12.8. The van der Waals surface area contributed by atoms with Gasteiger partial charge in [0.15, 0.2) is 0 Å². The lowest BCUT2D eigenvalue weighted by atomic mass is 9.93. The van der Waals surface area contributed by atoms with Crippen LogP contribution in [-0.2, 0) is 9.59 Å². The molecule has 3 rings (SSSR count). The number of nitrogens with zero attached hydrogens (tertiary/aromatic N) is 3. The summed E-state index contributed by atoms with van der Waals surface area (Å²) in [6.45, 7) is 8.67. The lowest BCUT2D eigenvalue weighted by molar-refractivity contribution is -0.135. The fourth-order valence-corrected chi connectivity index (χ4v) is 3.64. The van der Waals surface area contributed by atoms with Crippen molar-refractivity contribution in [3.63, 3.8) is 0 Å². The zero-order valence-corrected chi connectivity index (χ0v) is 16.3. The van der Waals surface area contributed by atoms with Gasteiger partial charge in [-0.1, -0.05) is 11.2 Å². The minimum Gasteiger partial charge on any atom is -0.361 e. The molecule has 1 aliphatic rings. The van der Waals surface area contributed by atoms with Gasteiger partial charge in [-0.05, 0) is 52.2 Å². The molecule has 27 heavy (non-hydrogen) atoms. The monoisotopic (exact) mass is 370 g/mol. The van der Waals surface area contributed by atoms with Gasteiger partial charge in [0.2, 0.25) is 11.8 Å². The van der Waals surface area contributed by atoms with Gasteiger partial charge in [-0.3, -0.25) is 9.59 Å². The number of aromatic nitrogens is 2. The number of amides is 2. The molecule has 0 saturated carbocycles. The van der Waals surface area contributed by atoms with Gasteiger partial charge >= 0.3 is 0 Å². The van der Waals surface area contributed by atoms with Crippen LogP contribution in [0, 0.1) is 26.7 Å². The maximum Gasteiger partial charge on any atom is 0.230 e. The molecule has 2 aromatic heterocycles. The number of nitrogens with one attached hydrogen (secondary N) is 1. The van der Waals surface area contributed by atoms with Gasteiger partial charge in [0, 0.05) is 30.8 Å². The average Bonchev–Trinajstić information content (AvgIpc) is 3.01. The summed E-state index contributed by atoms with van der Waals surface area (Å²) >= 11 is 0. The smallest absolute Gasteiger partial charge is 0.230 e. The van der Waals surface area contributed by atoms with Gasteiger partial charge in [-0.2, -0.15) is 0 Å². The van der Waals surface area contributed by atoms with Gasteiger partial charge in [0.05, 0.1) is 11.6 Å². The van der Waals surface area contributed by atoms with Crippen molar-refractivity contribution in [3.8, 4) is 0 Å². The van der Waals surface area contributed by atoms with Crippen LogP contribution in [0.2, 0.25) is 0 Å². The Labute approximate surface area is 159 Å². The van der Waals surface area contributed by atoms with E-state index in [0.29, 0.717) is 37.5 Å². The molecule has 0 spiro atoms. The molecular formula is C20H26N4O3. The maximum absolute atomic E-state index is 12.8. The fourth-order valence-electron chi connectivity index (χ4n) is 3.64. The molecule has 2 aromatic rings. The lowest BCUT2D eigenvalue weighted by Crippen LogP contribution is -2.43. The fraction of sp³-hybridized carbons (Fsp3) is 0.500. The summed E-state index contributed by atoms with van der Waals surface area (Å²) in [4.78, 5) is 31.4. The first-order chi connectivity index (χ1) is 12.9. The minimum absolute atomic E-state index is 0.0303. The molecule has 144 valence electrons. The number of piperidine rings is 1. The minimum atomic E-state index is -0.293. The zero-order valence-electron chi connectivity index (χ0n) is 16.3. The first-order valence-corrected chi connectivity index (χ1v) is 9.32. The van der Waals surface area contributed by atoms with Crippen LogP contribution >= 0.6 is 0 Å².